The quantitative estimate of drug-likeness (QED) is 0.371. The van der Waals surface area contributed by atoms with Crippen LogP contribution < -0.4 is 26.4 Å². The van der Waals surface area contributed by atoms with E-state index in [9.17, 15) is 4.79 Å². The number of amides is 1. The Balaban J connectivity index is 1.64. The summed E-state index contributed by atoms with van der Waals surface area (Å²) in [5.74, 6) is -0.0151. The van der Waals surface area contributed by atoms with Gasteiger partial charge in [0.1, 0.15) is 5.69 Å². The largest absolute Gasteiger partial charge is 0.302 e. The number of rotatable bonds is 3. The van der Waals surface area contributed by atoms with Crippen molar-refractivity contribution in [1.29, 1.82) is 0 Å². The topological polar surface area (TPSA) is 72.0 Å². The van der Waals surface area contributed by atoms with Gasteiger partial charge in [0, 0.05) is 5.02 Å². The predicted molar refractivity (Wildman–Crippen MR) is 140 cm³/mol. The number of halogens is 4. The molecule has 0 saturated carbocycles. The van der Waals surface area contributed by atoms with E-state index in [1.165, 1.54) is 17.1 Å². The molecule has 5 rings (SSSR count). The Bertz CT molecular complexity index is 1340. The third-order valence-electron chi connectivity index (χ3n) is 5.47. The molecule has 7 nitrogen and oxygen atoms in total. The molecule has 11 heteroatoms. The maximum Gasteiger partial charge on any atom is 0.278 e. The molecule has 1 unspecified atom stereocenters. The van der Waals surface area contributed by atoms with Crippen LogP contribution in [0.25, 0.3) is 0 Å². The first-order valence-electron chi connectivity index (χ1n) is 10.2. The van der Waals surface area contributed by atoms with Crippen LogP contribution in [0, 0.1) is 13.8 Å². The summed E-state index contributed by atoms with van der Waals surface area (Å²) in [6.07, 6.45) is 0. The summed E-state index contributed by atoms with van der Waals surface area (Å²) in [7, 11) is 0. The molecule has 0 spiro atoms. The molecule has 1 fully saturated rings. The van der Waals surface area contributed by atoms with Gasteiger partial charge in [0.15, 0.2) is 11.9 Å². The van der Waals surface area contributed by atoms with Crippen molar-refractivity contribution in [1.82, 2.24) is 11.0 Å². The lowest BCUT2D eigenvalue weighted by atomic mass is 10.1. The zero-order chi connectivity index (χ0) is 24.1. The van der Waals surface area contributed by atoms with Crippen molar-refractivity contribution in [3.05, 3.63) is 79.7 Å². The number of aryl methyl sites for hydroxylation is 2. The Labute approximate surface area is 216 Å². The van der Waals surface area contributed by atoms with Crippen LogP contribution in [0.15, 0.2) is 53.5 Å². The number of carbonyl (C=O) groups excluding carboxylic acids is 1. The van der Waals surface area contributed by atoms with Crippen LogP contribution in [0.4, 0.5) is 22.7 Å². The summed E-state index contributed by atoms with van der Waals surface area (Å²) < 4.78 is 0. The first-order valence-corrected chi connectivity index (χ1v) is 11.8. The van der Waals surface area contributed by atoms with E-state index in [0.717, 1.165) is 22.5 Å². The smallest absolute Gasteiger partial charge is 0.278 e. The van der Waals surface area contributed by atoms with Gasteiger partial charge in [-0.2, -0.15) is 0 Å². The lowest BCUT2D eigenvalue weighted by molar-refractivity contribution is -0.118. The number of nitrogens with zero attached hydrogens (tertiary/aromatic N) is 3. The van der Waals surface area contributed by atoms with E-state index in [1.54, 1.807) is 11.1 Å². The maximum atomic E-state index is 13.8. The lowest BCUT2D eigenvalue weighted by Gasteiger charge is -2.23. The molecule has 0 bridgehead atoms. The molecule has 1 saturated heterocycles. The van der Waals surface area contributed by atoms with Gasteiger partial charge in [0.2, 0.25) is 0 Å². The number of benzene rings is 3. The van der Waals surface area contributed by atoms with Crippen molar-refractivity contribution < 1.29 is 4.79 Å². The van der Waals surface area contributed by atoms with Crippen LogP contribution >= 0.6 is 46.4 Å². The third kappa shape index (κ3) is 4.04. The van der Waals surface area contributed by atoms with Crippen LogP contribution in [0.2, 0.25) is 20.1 Å². The number of anilines is 3. The number of fused-ring (bicyclic) bond motifs is 1. The molecule has 0 aromatic heterocycles. The fraction of sp³-hybridized carbons (Fsp3) is 0.130. The van der Waals surface area contributed by atoms with Gasteiger partial charge < -0.3 is 5.43 Å². The van der Waals surface area contributed by atoms with Crippen molar-refractivity contribution in [2.75, 3.05) is 15.4 Å². The second-order valence-corrected chi connectivity index (χ2v) is 9.64. The number of hydrazine groups is 3. The minimum atomic E-state index is -0.879. The highest BCUT2D eigenvalue weighted by molar-refractivity contribution is 6.43. The number of hydrogen-bond acceptors (Lipinski definition) is 5. The van der Waals surface area contributed by atoms with Crippen molar-refractivity contribution in [2.45, 2.75) is 19.9 Å². The minimum Gasteiger partial charge on any atom is -0.302 e. The summed E-state index contributed by atoms with van der Waals surface area (Å²) in [4.78, 5) is 18.5. The molecule has 34 heavy (non-hydrogen) atoms. The summed E-state index contributed by atoms with van der Waals surface area (Å²) in [5, 5.41) is 4.23. The Morgan fingerprint density at radius 3 is 2.29 bits per heavy atom. The van der Waals surface area contributed by atoms with E-state index < -0.39 is 6.04 Å². The molecule has 2 aliphatic heterocycles. The summed E-state index contributed by atoms with van der Waals surface area (Å²) in [6.45, 7) is 3.93. The van der Waals surface area contributed by atoms with Crippen LogP contribution in [0.1, 0.15) is 11.1 Å². The number of carbonyl (C=O) groups is 1. The van der Waals surface area contributed by atoms with Gasteiger partial charge in [0.05, 0.1) is 32.1 Å². The summed E-state index contributed by atoms with van der Waals surface area (Å²) >= 11 is 25.4. The molecule has 2 heterocycles. The SMILES string of the molecule is Cc1ccc(Cl)c(N=C2NN(c3c(Cl)cc(Cl)cc3Cl)C(=O)C2N2NNc3cc(C)ccc32)c1. The monoisotopic (exact) mass is 534 g/mol. The van der Waals surface area contributed by atoms with Gasteiger partial charge in [-0.05, 0) is 61.4 Å². The van der Waals surface area contributed by atoms with E-state index in [1.807, 2.05) is 44.2 Å². The molecule has 0 aliphatic carbocycles. The Morgan fingerprint density at radius 1 is 0.882 bits per heavy atom. The van der Waals surface area contributed by atoms with Crippen LogP contribution in [0.3, 0.4) is 0 Å². The number of aliphatic imine (C=N–C) groups is 1. The van der Waals surface area contributed by atoms with Gasteiger partial charge >= 0.3 is 0 Å². The van der Waals surface area contributed by atoms with Crippen LogP contribution in [-0.2, 0) is 4.79 Å². The predicted octanol–water partition coefficient (Wildman–Crippen LogP) is 6.22. The molecular formula is C23H18Cl4N6O. The number of amidine groups is 1. The van der Waals surface area contributed by atoms with E-state index in [-0.39, 0.29) is 21.6 Å². The van der Waals surface area contributed by atoms with Crippen molar-refractivity contribution >= 4 is 80.9 Å². The molecule has 1 amide bonds. The summed E-state index contributed by atoms with van der Waals surface area (Å²) in [5.41, 5.74) is 13.7. The highest BCUT2D eigenvalue weighted by Crippen LogP contribution is 2.39. The first kappa shape index (κ1) is 23.1. The van der Waals surface area contributed by atoms with Gasteiger partial charge in [-0.3, -0.25) is 15.2 Å². The van der Waals surface area contributed by atoms with Crippen molar-refractivity contribution in [3.8, 4) is 0 Å². The maximum absolute atomic E-state index is 13.8. The fourth-order valence-corrected chi connectivity index (χ4v) is 5.03. The molecule has 1 atom stereocenters. The molecule has 3 aromatic rings. The molecule has 3 aromatic carbocycles. The minimum absolute atomic E-state index is 0.218. The van der Waals surface area contributed by atoms with E-state index in [0.29, 0.717) is 21.6 Å². The Hall–Kier alpha value is -2.68. The highest BCUT2D eigenvalue weighted by Gasteiger charge is 2.46. The number of hydrogen-bond donors (Lipinski definition) is 3. The fourth-order valence-electron chi connectivity index (χ4n) is 3.89. The summed E-state index contributed by atoms with van der Waals surface area (Å²) in [6, 6.07) is 13.5. The standard InChI is InChI=1S/C23H18Cl4N6O/c1-11-3-5-14(25)17(7-11)28-22-21(32-19-6-4-12(2)8-18(19)29-31-32)23(34)33(30-22)20-15(26)9-13(24)10-16(20)27/h3-10,21,29,31H,1-2H3,(H,28,30). The molecule has 3 N–H and O–H groups in total. The Kier molecular flexibility index (Phi) is 6.00. The molecular weight excluding hydrogens is 518 g/mol. The third-order valence-corrected chi connectivity index (χ3v) is 6.58. The zero-order valence-electron chi connectivity index (χ0n) is 18.0. The first-order chi connectivity index (χ1) is 16.2. The number of nitrogens with one attached hydrogen (secondary N) is 3. The average Bonchev–Trinajstić information content (AvgIpc) is 3.30. The van der Waals surface area contributed by atoms with Gasteiger partial charge in [-0.25, -0.2) is 10.0 Å². The van der Waals surface area contributed by atoms with E-state index >= 15 is 0 Å². The van der Waals surface area contributed by atoms with Gasteiger partial charge in [-0.1, -0.05) is 58.5 Å². The van der Waals surface area contributed by atoms with Crippen LogP contribution in [0.5, 0.6) is 0 Å². The normalized spacial score (nSPS) is 18.4. The second kappa shape index (κ2) is 8.83. The van der Waals surface area contributed by atoms with E-state index in [4.69, 9.17) is 51.4 Å². The molecule has 2 aliphatic rings. The van der Waals surface area contributed by atoms with Gasteiger partial charge in [-0.15, -0.1) is 5.53 Å². The Morgan fingerprint density at radius 2 is 1.56 bits per heavy atom. The zero-order valence-corrected chi connectivity index (χ0v) is 21.0. The molecule has 174 valence electrons. The van der Waals surface area contributed by atoms with Crippen molar-refractivity contribution in [3.63, 3.8) is 0 Å². The highest BCUT2D eigenvalue weighted by atomic mass is 35.5. The average molecular weight is 536 g/mol. The van der Waals surface area contributed by atoms with E-state index in [2.05, 4.69) is 16.4 Å². The van der Waals surface area contributed by atoms with Crippen molar-refractivity contribution in [2.24, 2.45) is 4.99 Å². The van der Waals surface area contributed by atoms with Gasteiger partial charge in [0.25, 0.3) is 5.91 Å². The molecule has 0 radical (unpaired) electrons. The lowest BCUT2D eigenvalue weighted by Crippen LogP contribution is -2.51. The second-order valence-electron chi connectivity index (χ2n) is 7.99. The van der Waals surface area contributed by atoms with Crippen LogP contribution in [-0.4, -0.2) is 17.8 Å².